The van der Waals surface area contributed by atoms with E-state index in [2.05, 4.69) is 15.9 Å². The first-order valence-corrected chi connectivity index (χ1v) is 4.82. The standard InChI is InChI=1S/C10H11BrO2/c1-13-10-6-8(3-2-4-12)5-9(11)7-10/h4-7H,2-3H2,1H3. The Balaban J connectivity index is 2.81. The zero-order valence-corrected chi connectivity index (χ0v) is 9.00. The van der Waals surface area contributed by atoms with Crippen LogP contribution < -0.4 is 4.74 Å². The molecule has 0 radical (unpaired) electrons. The molecule has 0 fully saturated rings. The summed E-state index contributed by atoms with van der Waals surface area (Å²) in [5, 5.41) is 0. The maximum absolute atomic E-state index is 10.2. The van der Waals surface area contributed by atoms with Gasteiger partial charge in [-0.05, 0) is 30.2 Å². The number of rotatable bonds is 4. The van der Waals surface area contributed by atoms with Crippen molar-refractivity contribution < 1.29 is 9.53 Å². The molecule has 13 heavy (non-hydrogen) atoms. The summed E-state index contributed by atoms with van der Waals surface area (Å²) in [4.78, 5) is 10.2. The Morgan fingerprint density at radius 3 is 2.85 bits per heavy atom. The van der Waals surface area contributed by atoms with E-state index in [0.717, 1.165) is 28.5 Å². The van der Waals surface area contributed by atoms with Crippen LogP contribution >= 0.6 is 15.9 Å². The first kappa shape index (κ1) is 10.3. The minimum atomic E-state index is 0.555. The van der Waals surface area contributed by atoms with Crippen LogP contribution in [0.25, 0.3) is 0 Å². The van der Waals surface area contributed by atoms with E-state index in [-0.39, 0.29) is 0 Å². The Labute approximate surface area is 86.0 Å². The SMILES string of the molecule is COc1cc(Br)cc(CCC=O)c1. The van der Waals surface area contributed by atoms with E-state index in [1.54, 1.807) is 7.11 Å². The monoisotopic (exact) mass is 242 g/mol. The lowest BCUT2D eigenvalue weighted by Gasteiger charge is -2.04. The molecule has 0 unspecified atom stereocenters. The van der Waals surface area contributed by atoms with Crippen LogP contribution in [-0.4, -0.2) is 13.4 Å². The van der Waals surface area contributed by atoms with Crippen LogP contribution in [0, 0.1) is 0 Å². The molecule has 0 bridgehead atoms. The molecule has 0 N–H and O–H groups in total. The molecule has 1 aromatic rings. The van der Waals surface area contributed by atoms with Gasteiger partial charge in [0.05, 0.1) is 7.11 Å². The fourth-order valence-electron chi connectivity index (χ4n) is 1.11. The van der Waals surface area contributed by atoms with Crippen LogP contribution in [0.5, 0.6) is 5.75 Å². The molecule has 70 valence electrons. The van der Waals surface area contributed by atoms with Crippen molar-refractivity contribution in [3.05, 3.63) is 28.2 Å². The molecule has 0 spiro atoms. The molecule has 2 nitrogen and oxygen atoms in total. The minimum Gasteiger partial charge on any atom is -0.497 e. The highest BCUT2D eigenvalue weighted by molar-refractivity contribution is 9.10. The van der Waals surface area contributed by atoms with Gasteiger partial charge in [-0.25, -0.2) is 0 Å². The topological polar surface area (TPSA) is 26.3 Å². The third kappa shape index (κ3) is 3.19. The lowest BCUT2D eigenvalue weighted by atomic mass is 10.1. The smallest absolute Gasteiger partial charge is 0.120 e. The van der Waals surface area contributed by atoms with Crippen LogP contribution in [0.15, 0.2) is 22.7 Å². The quantitative estimate of drug-likeness (QED) is 0.759. The normalized spacial score (nSPS) is 9.69. The lowest BCUT2D eigenvalue weighted by Crippen LogP contribution is -1.89. The number of halogens is 1. The highest BCUT2D eigenvalue weighted by Crippen LogP contribution is 2.21. The molecule has 0 saturated carbocycles. The molecule has 0 atom stereocenters. The number of carbonyl (C=O) groups excluding carboxylic acids is 1. The van der Waals surface area contributed by atoms with Gasteiger partial charge in [0.25, 0.3) is 0 Å². The Morgan fingerprint density at radius 1 is 1.46 bits per heavy atom. The second-order valence-corrected chi connectivity index (χ2v) is 3.62. The molecule has 0 heterocycles. The number of carbonyl (C=O) groups is 1. The van der Waals surface area contributed by atoms with Gasteiger partial charge >= 0.3 is 0 Å². The Bertz CT molecular complexity index is 297. The summed E-state index contributed by atoms with van der Waals surface area (Å²) in [6.07, 6.45) is 2.24. The molecule has 3 heteroatoms. The van der Waals surface area contributed by atoms with Gasteiger partial charge in [0.2, 0.25) is 0 Å². The van der Waals surface area contributed by atoms with Gasteiger partial charge < -0.3 is 9.53 Å². The van der Waals surface area contributed by atoms with Crippen LogP contribution in [0.3, 0.4) is 0 Å². The third-order valence-corrected chi connectivity index (χ3v) is 2.18. The lowest BCUT2D eigenvalue weighted by molar-refractivity contribution is -0.107. The number of ether oxygens (including phenoxy) is 1. The zero-order valence-electron chi connectivity index (χ0n) is 7.42. The van der Waals surface area contributed by atoms with Crippen molar-refractivity contribution in [1.82, 2.24) is 0 Å². The zero-order chi connectivity index (χ0) is 9.68. The van der Waals surface area contributed by atoms with E-state index in [1.807, 2.05) is 18.2 Å². The van der Waals surface area contributed by atoms with Crippen LogP contribution in [0.4, 0.5) is 0 Å². The van der Waals surface area contributed by atoms with Gasteiger partial charge in [0.15, 0.2) is 0 Å². The molecule has 0 aliphatic rings. The summed E-state index contributed by atoms with van der Waals surface area (Å²) < 4.78 is 6.08. The molecule has 0 aliphatic carbocycles. The molecular weight excluding hydrogens is 232 g/mol. The van der Waals surface area contributed by atoms with Crippen molar-refractivity contribution >= 4 is 22.2 Å². The van der Waals surface area contributed by atoms with E-state index in [0.29, 0.717) is 6.42 Å². The van der Waals surface area contributed by atoms with Gasteiger partial charge in [-0.3, -0.25) is 0 Å². The summed E-state index contributed by atoms with van der Waals surface area (Å²) >= 11 is 3.38. The predicted molar refractivity (Wildman–Crippen MR) is 55.1 cm³/mol. The molecule has 0 aromatic heterocycles. The fraction of sp³-hybridized carbons (Fsp3) is 0.300. The molecule has 0 saturated heterocycles. The van der Waals surface area contributed by atoms with Gasteiger partial charge in [-0.1, -0.05) is 15.9 Å². The first-order valence-electron chi connectivity index (χ1n) is 4.03. The first-order chi connectivity index (χ1) is 6.26. The fourth-order valence-corrected chi connectivity index (χ4v) is 1.63. The molecule has 1 rings (SSSR count). The van der Waals surface area contributed by atoms with Crippen LogP contribution in [0.1, 0.15) is 12.0 Å². The summed E-state index contributed by atoms with van der Waals surface area (Å²) in [6, 6.07) is 5.82. The highest BCUT2D eigenvalue weighted by atomic mass is 79.9. The largest absolute Gasteiger partial charge is 0.497 e. The maximum atomic E-state index is 10.2. The van der Waals surface area contributed by atoms with Gasteiger partial charge in [-0.15, -0.1) is 0 Å². The summed E-state index contributed by atoms with van der Waals surface area (Å²) in [5.41, 5.74) is 1.11. The minimum absolute atomic E-state index is 0.555. The number of hydrogen-bond acceptors (Lipinski definition) is 2. The van der Waals surface area contributed by atoms with Crippen molar-refractivity contribution in [3.63, 3.8) is 0 Å². The highest BCUT2D eigenvalue weighted by Gasteiger charge is 1.98. The van der Waals surface area contributed by atoms with E-state index < -0.39 is 0 Å². The van der Waals surface area contributed by atoms with Crippen molar-refractivity contribution in [3.8, 4) is 5.75 Å². The van der Waals surface area contributed by atoms with Crippen molar-refractivity contribution in [2.24, 2.45) is 0 Å². The van der Waals surface area contributed by atoms with Crippen LogP contribution in [0.2, 0.25) is 0 Å². The van der Waals surface area contributed by atoms with Crippen LogP contribution in [-0.2, 0) is 11.2 Å². The Morgan fingerprint density at radius 2 is 2.23 bits per heavy atom. The predicted octanol–water partition coefficient (Wildman–Crippen LogP) is 2.59. The van der Waals surface area contributed by atoms with Gasteiger partial charge in [-0.2, -0.15) is 0 Å². The summed E-state index contributed by atoms with van der Waals surface area (Å²) in [6.45, 7) is 0. The van der Waals surface area contributed by atoms with Gasteiger partial charge in [0.1, 0.15) is 12.0 Å². The molecular formula is C10H11BrO2. The number of benzene rings is 1. The second-order valence-electron chi connectivity index (χ2n) is 2.70. The van der Waals surface area contributed by atoms with Gasteiger partial charge in [0, 0.05) is 10.9 Å². The molecule has 1 aromatic carbocycles. The third-order valence-electron chi connectivity index (χ3n) is 1.72. The summed E-state index contributed by atoms with van der Waals surface area (Å²) in [5.74, 6) is 0.815. The number of methoxy groups -OCH3 is 1. The molecule has 0 aliphatic heterocycles. The average Bonchev–Trinajstić information content (AvgIpc) is 2.14. The van der Waals surface area contributed by atoms with E-state index >= 15 is 0 Å². The molecule has 0 amide bonds. The average molecular weight is 243 g/mol. The number of aryl methyl sites for hydroxylation is 1. The van der Waals surface area contributed by atoms with E-state index in [1.165, 1.54) is 0 Å². The summed E-state index contributed by atoms with van der Waals surface area (Å²) in [7, 11) is 1.63. The van der Waals surface area contributed by atoms with E-state index in [9.17, 15) is 4.79 Å². The van der Waals surface area contributed by atoms with Crippen molar-refractivity contribution in [2.45, 2.75) is 12.8 Å². The Hall–Kier alpha value is -0.830. The maximum Gasteiger partial charge on any atom is 0.120 e. The van der Waals surface area contributed by atoms with Crippen molar-refractivity contribution in [2.75, 3.05) is 7.11 Å². The second kappa shape index (κ2) is 5.02. The number of aldehydes is 1. The van der Waals surface area contributed by atoms with Crippen molar-refractivity contribution in [1.29, 1.82) is 0 Å². The number of hydrogen-bond donors (Lipinski definition) is 0. The Kier molecular flexibility index (Phi) is 3.96. The van der Waals surface area contributed by atoms with E-state index in [4.69, 9.17) is 4.74 Å².